The van der Waals surface area contributed by atoms with E-state index >= 15 is 0 Å². The van der Waals surface area contributed by atoms with Crippen molar-refractivity contribution in [2.75, 3.05) is 19.3 Å². The monoisotopic (exact) mass is 306 g/mol. The highest BCUT2D eigenvalue weighted by molar-refractivity contribution is 7.89. The molecule has 1 aromatic carbocycles. The SMILES string of the molecule is Cc1c(N)cc(S(=O)(=O)N(C)CCC(C)O)cc1Cl. The first kappa shape index (κ1) is 16.2. The molecule has 1 aromatic rings. The summed E-state index contributed by atoms with van der Waals surface area (Å²) >= 11 is 5.95. The summed E-state index contributed by atoms with van der Waals surface area (Å²) in [6, 6.07) is 2.79. The van der Waals surface area contributed by atoms with Crippen molar-refractivity contribution in [3.8, 4) is 0 Å². The molecule has 0 bridgehead atoms. The standard InChI is InChI=1S/C12H19ClN2O3S/c1-8(16)4-5-15(3)19(17,18)10-6-11(13)9(2)12(14)7-10/h6-8,16H,4-5,14H2,1-3H3. The molecule has 5 nitrogen and oxygen atoms in total. The van der Waals surface area contributed by atoms with Crippen LogP contribution in [0, 0.1) is 6.92 Å². The summed E-state index contributed by atoms with van der Waals surface area (Å²) in [5.41, 5.74) is 6.74. The summed E-state index contributed by atoms with van der Waals surface area (Å²) in [6.07, 6.45) is -0.186. The van der Waals surface area contributed by atoms with E-state index in [1.807, 2.05) is 0 Å². The Bertz CT molecular complexity index is 535. The van der Waals surface area contributed by atoms with Crippen LogP contribution in [0.15, 0.2) is 17.0 Å². The summed E-state index contributed by atoms with van der Waals surface area (Å²) in [7, 11) is -2.18. The van der Waals surface area contributed by atoms with Crippen molar-refractivity contribution in [3.05, 3.63) is 22.7 Å². The Morgan fingerprint density at radius 3 is 2.53 bits per heavy atom. The minimum Gasteiger partial charge on any atom is -0.398 e. The normalized spacial score (nSPS) is 13.8. The van der Waals surface area contributed by atoms with E-state index in [2.05, 4.69) is 0 Å². The Balaban J connectivity index is 3.07. The molecule has 7 heteroatoms. The number of hydrogen-bond donors (Lipinski definition) is 2. The lowest BCUT2D eigenvalue weighted by Crippen LogP contribution is -2.29. The minimum absolute atomic E-state index is 0.0636. The fourth-order valence-electron chi connectivity index (χ4n) is 1.49. The molecule has 1 rings (SSSR count). The Kier molecular flexibility index (Phi) is 5.20. The first-order valence-electron chi connectivity index (χ1n) is 5.86. The Morgan fingerprint density at radius 2 is 2.05 bits per heavy atom. The van der Waals surface area contributed by atoms with Gasteiger partial charge >= 0.3 is 0 Å². The zero-order chi connectivity index (χ0) is 14.8. The molecular formula is C12H19ClN2O3S. The lowest BCUT2D eigenvalue weighted by Gasteiger charge is -2.19. The summed E-state index contributed by atoms with van der Waals surface area (Å²) in [5.74, 6) is 0. The van der Waals surface area contributed by atoms with Crippen LogP contribution in [0.4, 0.5) is 5.69 Å². The predicted molar refractivity (Wildman–Crippen MR) is 76.7 cm³/mol. The van der Waals surface area contributed by atoms with Gasteiger partial charge in [-0.25, -0.2) is 12.7 Å². The third-order valence-electron chi connectivity index (χ3n) is 2.93. The van der Waals surface area contributed by atoms with Gasteiger partial charge in [0.1, 0.15) is 0 Å². The number of nitrogen functional groups attached to an aromatic ring is 1. The van der Waals surface area contributed by atoms with Gasteiger partial charge in [0.05, 0.1) is 11.0 Å². The second-order valence-electron chi connectivity index (χ2n) is 4.58. The number of aliphatic hydroxyl groups excluding tert-OH is 1. The fraction of sp³-hybridized carbons (Fsp3) is 0.500. The third kappa shape index (κ3) is 3.82. The zero-order valence-corrected chi connectivity index (χ0v) is 12.8. The molecular weight excluding hydrogens is 288 g/mol. The van der Waals surface area contributed by atoms with Crippen molar-refractivity contribution in [1.29, 1.82) is 0 Å². The molecule has 1 unspecified atom stereocenters. The van der Waals surface area contributed by atoms with Crippen LogP contribution < -0.4 is 5.73 Å². The predicted octanol–water partition coefficient (Wildman–Crippen LogP) is 1.62. The molecule has 0 aromatic heterocycles. The van der Waals surface area contributed by atoms with Gasteiger partial charge in [0.25, 0.3) is 0 Å². The molecule has 0 aliphatic rings. The molecule has 0 aliphatic heterocycles. The molecule has 1 atom stereocenters. The van der Waals surface area contributed by atoms with Crippen LogP contribution in [0.3, 0.4) is 0 Å². The van der Waals surface area contributed by atoms with Crippen LogP contribution in [0.25, 0.3) is 0 Å². The van der Waals surface area contributed by atoms with Crippen LogP contribution in [0.1, 0.15) is 18.9 Å². The first-order chi connectivity index (χ1) is 8.66. The number of rotatable bonds is 5. The molecule has 3 N–H and O–H groups in total. The van der Waals surface area contributed by atoms with Crippen LogP contribution in [-0.4, -0.2) is 37.5 Å². The Hall–Kier alpha value is -0.820. The van der Waals surface area contributed by atoms with E-state index in [1.54, 1.807) is 13.8 Å². The van der Waals surface area contributed by atoms with E-state index in [0.29, 0.717) is 22.7 Å². The van der Waals surface area contributed by atoms with Gasteiger partial charge in [0.15, 0.2) is 0 Å². The molecule has 0 fully saturated rings. The molecule has 108 valence electrons. The molecule has 0 saturated heterocycles. The second kappa shape index (κ2) is 6.09. The maximum atomic E-state index is 12.3. The van der Waals surface area contributed by atoms with Crippen molar-refractivity contribution in [1.82, 2.24) is 4.31 Å². The average Bonchev–Trinajstić information content (AvgIpc) is 2.31. The highest BCUT2D eigenvalue weighted by Gasteiger charge is 2.22. The average molecular weight is 307 g/mol. The summed E-state index contributed by atoms with van der Waals surface area (Å²) < 4.78 is 25.8. The van der Waals surface area contributed by atoms with Crippen molar-refractivity contribution < 1.29 is 13.5 Å². The fourth-order valence-corrected chi connectivity index (χ4v) is 3.03. The number of aliphatic hydroxyl groups is 1. The van der Waals surface area contributed by atoms with Crippen molar-refractivity contribution in [2.24, 2.45) is 0 Å². The number of hydrogen-bond acceptors (Lipinski definition) is 4. The topological polar surface area (TPSA) is 83.6 Å². The third-order valence-corrected chi connectivity index (χ3v) is 5.16. The lowest BCUT2D eigenvalue weighted by molar-refractivity contribution is 0.177. The van der Waals surface area contributed by atoms with Crippen LogP contribution in [-0.2, 0) is 10.0 Å². The summed E-state index contributed by atoms with van der Waals surface area (Å²) in [6.45, 7) is 3.57. The zero-order valence-electron chi connectivity index (χ0n) is 11.2. The van der Waals surface area contributed by atoms with Gasteiger partial charge in [-0.1, -0.05) is 11.6 Å². The quantitative estimate of drug-likeness (QED) is 0.810. The first-order valence-corrected chi connectivity index (χ1v) is 7.68. The maximum Gasteiger partial charge on any atom is 0.242 e. The number of anilines is 1. The number of nitrogens with zero attached hydrogens (tertiary/aromatic N) is 1. The molecule has 0 heterocycles. The number of nitrogens with two attached hydrogens (primary N) is 1. The second-order valence-corrected chi connectivity index (χ2v) is 7.04. The molecule has 0 saturated carbocycles. The van der Waals surface area contributed by atoms with E-state index < -0.39 is 16.1 Å². The van der Waals surface area contributed by atoms with Crippen LogP contribution in [0.2, 0.25) is 5.02 Å². The van der Waals surface area contributed by atoms with Gasteiger partial charge in [-0.3, -0.25) is 0 Å². The largest absolute Gasteiger partial charge is 0.398 e. The lowest BCUT2D eigenvalue weighted by atomic mass is 10.2. The van der Waals surface area contributed by atoms with Gasteiger partial charge in [-0.2, -0.15) is 0 Å². The van der Waals surface area contributed by atoms with Gasteiger partial charge in [-0.15, -0.1) is 0 Å². The van der Waals surface area contributed by atoms with Crippen LogP contribution >= 0.6 is 11.6 Å². The number of sulfonamides is 1. The molecule has 19 heavy (non-hydrogen) atoms. The van der Waals surface area contributed by atoms with Gasteiger partial charge in [0.2, 0.25) is 10.0 Å². The van der Waals surface area contributed by atoms with E-state index in [9.17, 15) is 13.5 Å². The highest BCUT2D eigenvalue weighted by Crippen LogP contribution is 2.27. The molecule has 0 spiro atoms. The summed E-state index contributed by atoms with van der Waals surface area (Å²) in [5, 5.41) is 9.52. The van der Waals surface area contributed by atoms with Crippen molar-refractivity contribution in [3.63, 3.8) is 0 Å². The van der Waals surface area contributed by atoms with Gasteiger partial charge < -0.3 is 10.8 Å². The van der Waals surface area contributed by atoms with E-state index in [-0.39, 0.29) is 11.4 Å². The van der Waals surface area contributed by atoms with E-state index in [0.717, 1.165) is 0 Å². The minimum atomic E-state index is -3.64. The van der Waals surface area contributed by atoms with Crippen molar-refractivity contribution in [2.45, 2.75) is 31.3 Å². The van der Waals surface area contributed by atoms with Crippen LogP contribution in [0.5, 0.6) is 0 Å². The molecule has 0 radical (unpaired) electrons. The Morgan fingerprint density at radius 1 is 1.47 bits per heavy atom. The number of benzene rings is 1. The maximum absolute atomic E-state index is 12.3. The van der Waals surface area contributed by atoms with E-state index in [1.165, 1.54) is 23.5 Å². The molecule has 0 amide bonds. The Labute approximate surface area is 119 Å². The highest BCUT2D eigenvalue weighted by atomic mass is 35.5. The molecule has 0 aliphatic carbocycles. The van der Waals surface area contributed by atoms with E-state index in [4.69, 9.17) is 17.3 Å². The van der Waals surface area contributed by atoms with Gasteiger partial charge in [0, 0.05) is 24.3 Å². The smallest absolute Gasteiger partial charge is 0.242 e. The summed E-state index contributed by atoms with van der Waals surface area (Å²) in [4.78, 5) is 0.0636. The number of halogens is 1. The van der Waals surface area contributed by atoms with Gasteiger partial charge in [-0.05, 0) is 38.0 Å². The van der Waals surface area contributed by atoms with Crippen molar-refractivity contribution >= 4 is 27.3 Å².